The van der Waals surface area contributed by atoms with Crippen molar-refractivity contribution in [2.45, 2.75) is 44.8 Å². The third-order valence-corrected chi connectivity index (χ3v) is 6.27. The van der Waals surface area contributed by atoms with E-state index in [2.05, 4.69) is 74.3 Å². The second kappa shape index (κ2) is 9.04. The van der Waals surface area contributed by atoms with Crippen molar-refractivity contribution in [1.29, 1.82) is 0 Å². The van der Waals surface area contributed by atoms with Crippen LogP contribution >= 0.6 is 11.8 Å². The highest BCUT2D eigenvalue weighted by Gasteiger charge is 2.17. The lowest BCUT2D eigenvalue weighted by molar-refractivity contribution is -0.127. The molecular formula is C24H30N4OS. The molecular weight excluding hydrogens is 392 g/mol. The fourth-order valence-corrected chi connectivity index (χ4v) is 4.03. The summed E-state index contributed by atoms with van der Waals surface area (Å²) < 4.78 is 1.95. The van der Waals surface area contributed by atoms with Crippen LogP contribution in [0.3, 0.4) is 0 Å². The Balaban J connectivity index is 1.63. The predicted molar refractivity (Wildman–Crippen MR) is 124 cm³/mol. The van der Waals surface area contributed by atoms with Crippen LogP contribution in [-0.2, 0) is 23.8 Å². The van der Waals surface area contributed by atoms with Gasteiger partial charge in [-0.15, -0.1) is 10.2 Å². The molecule has 0 aliphatic rings. The van der Waals surface area contributed by atoms with E-state index in [0.717, 1.165) is 22.1 Å². The highest BCUT2D eigenvalue weighted by molar-refractivity contribution is 7.99. The van der Waals surface area contributed by atoms with Crippen LogP contribution in [0.2, 0.25) is 0 Å². The maximum Gasteiger partial charge on any atom is 0.233 e. The van der Waals surface area contributed by atoms with Crippen LogP contribution in [0.1, 0.15) is 37.5 Å². The molecule has 0 saturated carbocycles. The fraction of sp³-hybridized carbons (Fsp3) is 0.375. The van der Waals surface area contributed by atoms with E-state index < -0.39 is 0 Å². The first-order valence-electron chi connectivity index (χ1n) is 10.1. The smallest absolute Gasteiger partial charge is 0.233 e. The first kappa shape index (κ1) is 22.1. The van der Waals surface area contributed by atoms with Crippen molar-refractivity contribution < 1.29 is 4.79 Å². The summed E-state index contributed by atoms with van der Waals surface area (Å²) in [5, 5.41) is 9.38. The Morgan fingerprint density at radius 2 is 1.73 bits per heavy atom. The minimum absolute atomic E-state index is 0.0716. The van der Waals surface area contributed by atoms with Gasteiger partial charge in [0, 0.05) is 26.2 Å². The minimum atomic E-state index is 0.0716. The Hall–Kier alpha value is -2.60. The monoisotopic (exact) mass is 422 g/mol. The highest BCUT2D eigenvalue weighted by Crippen LogP contribution is 2.27. The van der Waals surface area contributed by atoms with Crippen LogP contribution in [0.4, 0.5) is 0 Å². The van der Waals surface area contributed by atoms with Crippen LogP contribution in [0.15, 0.2) is 53.7 Å². The number of thioether (sulfide) groups is 1. The second-order valence-corrected chi connectivity index (χ2v) is 9.60. The maximum atomic E-state index is 12.6. The maximum absolute atomic E-state index is 12.6. The molecule has 0 aliphatic carbocycles. The lowest BCUT2D eigenvalue weighted by atomic mass is 9.87. The molecule has 0 spiro atoms. The molecule has 1 aromatic heterocycles. The van der Waals surface area contributed by atoms with Gasteiger partial charge in [-0.3, -0.25) is 4.79 Å². The quantitative estimate of drug-likeness (QED) is 0.534. The molecule has 3 rings (SSSR count). The molecule has 0 atom stereocenters. The van der Waals surface area contributed by atoms with Gasteiger partial charge in [0.2, 0.25) is 5.91 Å². The Morgan fingerprint density at radius 1 is 1.07 bits per heavy atom. The molecule has 1 heterocycles. The van der Waals surface area contributed by atoms with Gasteiger partial charge in [0.1, 0.15) is 0 Å². The van der Waals surface area contributed by atoms with Gasteiger partial charge in [-0.1, -0.05) is 81.1 Å². The SMILES string of the molecule is Cc1ccccc1CN(C)C(=O)CSc1nnc(-c2ccc(C(C)(C)C)cc2)n1C. The van der Waals surface area contributed by atoms with Crippen molar-refractivity contribution in [2.75, 3.05) is 12.8 Å². The fourth-order valence-electron chi connectivity index (χ4n) is 3.18. The normalized spacial score (nSPS) is 11.5. The van der Waals surface area contributed by atoms with Gasteiger partial charge < -0.3 is 9.47 Å². The highest BCUT2D eigenvalue weighted by atomic mass is 32.2. The van der Waals surface area contributed by atoms with E-state index in [1.165, 1.54) is 22.9 Å². The summed E-state index contributed by atoms with van der Waals surface area (Å²) in [4.78, 5) is 14.4. The lowest BCUT2D eigenvalue weighted by Crippen LogP contribution is -2.28. The van der Waals surface area contributed by atoms with E-state index in [1.54, 1.807) is 4.90 Å². The Bertz CT molecular complexity index is 1020. The Labute approximate surface area is 183 Å². The number of amides is 1. The number of rotatable bonds is 6. The number of hydrogen-bond acceptors (Lipinski definition) is 4. The molecule has 6 heteroatoms. The van der Waals surface area contributed by atoms with Gasteiger partial charge >= 0.3 is 0 Å². The number of carbonyl (C=O) groups is 1. The number of hydrogen-bond donors (Lipinski definition) is 0. The number of carbonyl (C=O) groups excluding carboxylic acids is 1. The largest absolute Gasteiger partial charge is 0.341 e. The Kier molecular flexibility index (Phi) is 6.66. The van der Waals surface area contributed by atoms with Gasteiger partial charge in [-0.05, 0) is 29.0 Å². The van der Waals surface area contributed by atoms with E-state index in [9.17, 15) is 4.79 Å². The third kappa shape index (κ3) is 5.11. The van der Waals surface area contributed by atoms with Gasteiger partial charge in [0.25, 0.3) is 0 Å². The van der Waals surface area contributed by atoms with Crippen LogP contribution in [0, 0.1) is 6.92 Å². The molecule has 1 amide bonds. The Morgan fingerprint density at radius 3 is 2.37 bits per heavy atom. The van der Waals surface area contributed by atoms with Crippen molar-refractivity contribution in [2.24, 2.45) is 7.05 Å². The number of aryl methyl sites for hydroxylation is 1. The molecule has 30 heavy (non-hydrogen) atoms. The van der Waals surface area contributed by atoms with E-state index in [0.29, 0.717) is 12.3 Å². The van der Waals surface area contributed by atoms with Crippen LogP contribution in [0.5, 0.6) is 0 Å². The van der Waals surface area contributed by atoms with Crippen molar-refractivity contribution in [1.82, 2.24) is 19.7 Å². The molecule has 2 aromatic carbocycles. The van der Waals surface area contributed by atoms with Gasteiger partial charge in [0.15, 0.2) is 11.0 Å². The summed E-state index contributed by atoms with van der Waals surface area (Å²) in [5.74, 6) is 1.21. The molecule has 0 aliphatic heterocycles. The summed E-state index contributed by atoms with van der Waals surface area (Å²) in [7, 11) is 3.78. The predicted octanol–water partition coefficient (Wildman–Crippen LogP) is 4.84. The third-order valence-electron chi connectivity index (χ3n) is 5.26. The number of aromatic nitrogens is 3. The molecule has 0 N–H and O–H groups in total. The van der Waals surface area contributed by atoms with Crippen LogP contribution < -0.4 is 0 Å². The van der Waals surface area contributed by atoms with Crippen LogP contribution in [-0.4, -0.2) is 38.4 Å². The molecule has 5 nitrogen and oxygen atoms in total. The van der Waals surface area contributed by atoms with E-state index in [4.69, 9.17) is 0 Å². The summed E-state index contributed by atoms with van der Waals surface area (Å²) >= 11 is 1.42. The summed E-state index contributed by atoms with van der Waals surface area (Å²) in [5.41, 5.74) is 4.78. The van der Waals surface area contributed by atoms with Crippen molar-refractivity contribution in [3.05, 3.63) is 65.2 Å². The average molecular weight is 423 g/mol. The molecule has 0 bridgehead atoms. The number of benzene rings is 2. The molecule has 3 aromatic rings. The second-order valence-electron chi connectivity index (χ2n) is 8.66. The summed E-state index contributed by atoms with van der Waals surface area (Å²) in [6.45, 7) is 9.28. The molecule has 0 fully saturated rings. The van der Waals surface area contributed by atoms with Crippen molar-refractivity contribution in [3.63, 3.8) is 0 Å². The van der Waals surface area contributed by atoms with Crippen LogP contribution in [0.25, 0.3) is 11.4 Å². The van der Waals surface area contributed by atoms with Gasteiger partial charge in [0.05, 0.1) is 5.75 Å². The first-order chi connectivity index (χ1) is 14.2. The zero-order chi connectivity index (χ0) is 21.9. The van der Waals surface area contributed by atoms with E-state index in [-0.39, 0.29) is 11.3 Å². The number of nitrogens with zero attached hydrogens (tertiary/aromatic N) is 4. The summed E-state index contributed by atoms with van der Waals surface area (Å²) in [6.07, 6.45) is 0. The molecule has 158 valence electrons. The standard InChI is InChI=1S/C24H30N4OS/c1-17-9-7-8-10-19(17)15-27(5)21(29)16-30-23-26-25-22(28(23)6)18-11-13-20(14-12-18)24(2,3)4/h7-14H,15-16H2,1-6H3. The zero-order valence-corrected chi connectivity index (χ0v) is 19.5. The molecule has 0 saturated heterocycles. The topological polar surface area (TPSA) is 51.0 Å². The zero-order valence-electron chi connectivity index (χ0n) is 18.6. The van der Waals surface area contributed by atoms with Gasteiger partial charge in [-0.2, -0.15) is 0 Å². The van der Waals surface area contributed by atoms with E-state index >= 15 is 0 Å². The molecule has 0 unspecified atom stereocenters. The van der Waals surface area contributed by atoms with Crippen molar-refractivity contribution in [3.8, 4) is 11.4 Å². The van der Waals surface area contributed by atoms with Crippen molar-refractivity contribution >= 4 is 17.7 Å². The summed E-state index contributed by atoms with van der Waals surface area (Å²) in [6, 6.07) is 16.6. The van der Waals surface area contributed by atoms with Gasteiger partial charge in [-0.25, -0.2) is 0 Å². The van der Waals surface area contributed by atoms with E-state index in [1.807, 2.05) is 30.8 Å². The minimum Gasteiger partial charge on any atom is -0.341 e. The molecule has 0 radical (unpaired) electrons. The first-order valence-corrected chi connectivity index (χ1v) is 11.1. The lowest BCUT2D eigenvalue weighted by Gasteiger charge is -2.19. The average Bonchev–Trinajstić information content (AvgIpc) is 3.07.